The topological polar surface area (TPSA) is 3.24 Å². The molecule has 1 nitrogen and oxygen atoms in total. The fraction of sp³-hybridized carbons (Fsp3) is 0.263. The molecular weight excluding hydrogens is 270 g/mol. The number of hydrogen-bond acceptors (Lipinski definition) is 1. The molecule has 1 heterocycles. The van der Waals surface area contributed by atoms with Gasteiger partial charge in [-0.1, -0.05) is 67.7 Å². The van der Waals surface area contributed by atoms with Gasteiger partial charge in [-0.3, -0.25) is 0 Å². The Morgan fingerprint density at radius 3 is 2.19 bits per heavy atom. The van der Waals surface area contributed by atoms with Crippen LogP contribution < -0.4 is 15.0 Å². The standard InChI is InChI=1S/C19H21NSi/c1-13-14-9-5-6-10-15(14)19-18(13)16-11-7-8-12-17(16)20(19)21(2,3)4/h5-12,18H,1-4H3. The molecule has 0 aromatic heterocycles. The fourth-order valence-electron chi connectivity index (χ4n) is 3.98. The number of para-hydroxylation sites is 1. The molecule has 0 N–H and O–H groups in total. The van der Waals surface area contributed by atoms with Gasteiger partial charge in [0.05, 0.1) is 0 Å². The third-order valence-electron chi connectivity index (χ3n) is 4.73. The number of fused-ring (bicyclic) bond motifs is 4. The summed E-state index contributed by atoms with van der Waals surface area (Å²) in [6, 6.07) is 17.9. The van der Waals surface area contributed by atoms with E-state index in [1.165, 1.54) is 33.0 Å². The molecule has 1 unspecified atom stereocenters. The molecule has 21 heavy (non-hydrogen) atoms. The molecule has 4 rings (SSSR count). The van der Waals surface area contributed by atoms with E-state index in [1.807, 2.05) is 0 Å². The first-order valence-electron chi connectivity index (χ1n) is 7.69. The summed E-state index contributed by atoms with van der Waals surface area (Å²) in [6.07, 6.45) is 0. The van der Waals surface area contributed by atoms with Crippen LogP contribution in [-0.2, 0) is 0 Å². The maximum atomic E-state index is 2.68. The first-order valence-corrected chi connectivity index (χ1v) is 11.1. The highest BCUT2D eigenvalue weighted by atomic mass is 28.3. The van der Waals surface area contributed by atoms with Gasteiger partial charge in [-0.05, 0) is 23.8 Å². The minimum absolute atomic E-state index is 0.463. The monoisotopic (exact) mass is 291 g/mol. The zero-order valence-electron chi connectivity index (χ0n) is 13.1. The van der Waals surface area contributed by atoms with Crippen LogP contribution in [0.2, 0.25) is 19.6 Å². The first kappa shape index (κ1) is 12.9. The molecule has 2 aliphatic rings. The average Bonchev–Trinajstić information content (AvgIpc) is 2.93. The van der Waals surface area contributed by atoms with Crippen LogP contribution in [-0.4, -0.2) is 8.24 Å². The second-order valence-corrected chi connectivity index (χ2v) is 11.9. The molecule has 0 radical (unpaired) electrons. The lowest BCUT2D eigenvalue weighted by Gasteiger charge is -2.34. The van der Waals surface area contributed by atoms with E-state index in [0.717, 1.165) is 0 Å². The van der Waals surface area contributed by atoms with E-state index >= 15 is 0 Å². The molecule has 0 bridgehead atoms. The molecule has 0 fully saturated rings. The Morgan fingerprint density at radius 1 is 0.857 bits per heavy atom. The Hall–Kier alpha value is -1.80. The second-order valence-electron chi connectivity index (χ2n) is 7.11. The molecule has 0 saturated heterocycles. The lowest BCUT2D eigenvalue weighted by atomic mass is 9.94. The number of benzene rings is 2. The van der Waals surface area contributed by atoms with Gasteiger partial charge >= 0.3 is 0 Å². The SMILES string of the molecule is CC1=c2ccccc2=C2C1c1ccccc1N2[Si](C)(C)C. The summed E-state index contributed by atoms with van der Waals surface area (Å²) in [7, 11) is -1.48. The normalized spacial score (nSPS) is 19.6. The van der Waals surface area contributed by atoms with E-state index in [0.29, 0.717) is 5.92 Å². The van der Waals surface area contributed by atoms with E-state index in [1.54, 1.807) is 0 Å². The first-order chi connectivity index (χ1) is 10.00. The molecule has 1 aliphatic heterocycles. The van der Waals surface area contributed by atoms with Crippen LogP contribution in [0.25, 0.3) is 11.3 Å². The van der Waals surface area contributed by atoms with Gasteiger partial charge in [0.1, 0.15) is 0 Å². The Labute approximate surface area is 127 Å². The van der Waals surface area contributed by atoms with Crippen molar-refractivity contribution >= 4 is 25.2 Å². The van der Waals surface area contributed by atoms with Gasteiger partial charge in [0, 0.05) is 22.5 Å². The second kappa shape index (κ2) is 4.11. The largest absolute Gasteiger partial charge is 0.371 e. The fourth-order valence-corrected chi connectivity index (χ4v) is 5.88. The van der Waals surface area contributed by atoms with Gasteiger partial charge in [-0.25, -0.2) is 0 Å². The predicted octanol–water partition coefficient (Wildman–Crippen LogP) is 3.42. The Bertz CT molecular complexity index is 858. The molecule has 2 aromatic carbocycles. The smallest absolute Gasteiger partial charge is 0.153 e. The summed E-state index contributed by atoms with van der Waals surface area (Å²) in [4.78, 5) is 0. The predicted molar refractivity (Wildman–Crippen MR) is 93.2 cm³/mol. The third kappa shape index (κ3) is 1.63. The number of anilines is 1. The maximum absolute atomic E-state index is 2.68. The summed E-state index contributed by atoms with van der Waals surface area (Å²) >= 11 is 0. The molecule has 1 aliphatic carbocycles. The van der Waals surface area contributed by atoms with Crippen molar-refractivity contribution < 1.29 is 0 Å². The van der Waals surface area contributed by atoms with Gasteiger partial charge in [0.2, 0.25) is 0 Å². The van der Waals surface area contributed by atoms with E-state index in [4.69, 9.17) is 0 Å². The zero-order chi connectivity index (χ0) is 14.8. The molecular formula is C19H21NSi. The Balaban J connectivity index is 2.14. The number of hydrogen-bond donors (Lipinski definition) is 0. The van der Waals surface area contributed by atoms with Crippen molar-refractivity contribution in [2.75, 3.05) is 4.57 Å². The lowest BCUT2D eigenvalue weighted by molar-refractivity contribution is 1.16. The van der Waals surface area contributed by atoms with Crippen molar-refractivity contribution in [3.63, 3.8) is 0 Å². The van der Waals surface area contributed by atoms with Crippen molar-refractivity contribution in [3.8, 4) is 0 Å². The van der Waals surface area contributed by atoms with E-state index in [2.05, 4.69) is 79.7 Å². The molecule has 0 saturated carbocycles. The minimum atomic E-state index is -1.48. The molecule has 0 spiro atoms. The van der Waals surface area contributed by atoms with Crippen molar-refractivity contribution in [1.82, 2.24) is 0 Å². The Morgan fingerprint density at radius 2 is 1.48 bits per heavy atom. The van der Waals surface area contributed by atoms with Crippen LogP contribution >= 0.6 is 0 Å². The van der Waals surface area contributed by atoms with Crippen molar-refractivity contribution in [3.05, 3.63) is 64.5 Å². The highest BCUT2D eigenvalue weighted by Gasteiger charge is 2.42. The van der Waals surface area contributed by atoms with E-state index in [9.17, 15) is 0 Å². The highest BCUT2D eigenvalue weighted by molar-refractivity contribution is 6.81. The van der Waals surface area contributed by atoms with Crippen molar-refractivity contribution in [1.29, 1.82) is 0 Å². The maximum Gasteiger partial charge on any atom is 0.153 e. The van der Waals surface area contributed by atoms with E-state index in [-0.39, 0.29) is 0 Å². The van der Waals surface area contributed by atoms with E-state index < -0.39 is 8.24 Å². The van der Waals surface area contributed by atoms with Gasteiger partial charge in [0.15, 0.2) is 8.24 Å². The summed E-state index contributed by atoms with van der Waals surface area (Å²) < 4.78 is 2.68. The average molecular weight is 291 g/mol. The van der Waals surface area contributed by atoms with Crippen LogP contribution in [0.15, 0.2) is 48.5 Å². The molecule has 2 heteroatoms. The van der Waals surface area contributed by atoms with Crippen LogP contribution in [0.3, 0.4) is 0 Å². The van der Waals surface area contributed by atoms with Crippen molar-refractivity contribution in [2.24, 2.45) is 0 Å². The minimum Gasteiger partial charge on any atom is -0.371 e. The summed E-state index contributed by atoms with van der Waals surface area (Å²) in [6.45, 7) is 9.63. The molecule has 106 valence electrons. The van der Waals surface area contributed by atoms with Crippen molar-refractivity contribution in [2.45, 2.75) is 32.5 Å². The lowest BCUT2D eigenvalue weighted by Crippen LogP contribution is -2.45. The summed E-state index contributed by atoms with van der Waals surface area (Å²) in [5.74, 6) is 0.463. The van der Waals surface area contributed by atoms with Gasteiger partial charge in [-0.15, -0.1) is 0 Å². The molecule has 2 aromatic rings. The summed E-state index contributed by atoms with van der Waals surface area (Å²) in [5.41, 5.74) is 5.96. The number of rotatable bonds is 1. The third-order valence-corrected chi connectivity index (χ3v) is 6.56. The quantitative estimate of drug-likeness (QED) is 0.728. The zero-order valence-corrected chi connectivity index (χ0v) is 14.1. The summed E-state index contributed by atoms with van der Waals surface area (Å²) in [5, 5.41) is 2.88. The molecule has 1 atom stereocenters. The highest BCUT2D eigenvalue weighted by Crippen LogP contribution is 2.50. The van der Waals surface area contributed by atoms with Crippen LogP contribution in [0, 0.1) is 0 Å². The number of nitrogens with zero attached hydrogens (tertiary/aromatic N) is 1. The van der Waals surface area contributed by atoms with Crippen LogP contribution in [0.4, 0.5) is 5.69 Å². The molecule has 0 amide bonds. The van der Waals surface area contributed by atoms with Gasteiger partial charge in [0.25, 0.3) is 0 Å². The van der Waals surface area contributed by atoms with Gasteiger partial charge < -0.3 is 4.57 Å². The van der Waals surface area contributed by atoms with Crippen LogP contribution in [0.5, 0.6) is 0 Å². The van der Waals surface area contributed by atoms with Crippen LogP contribution in [0.1, 0.15) is 18.4 Å². The van der Waals surface area contributed by atoms with Gasteiger partial charge in [-0.2, -0.15) is 0 Å². The Kier molecular flexibility index (Phi) is 2.52.